The Bertz CT molecular complexity index is 573. The molecule has 1 aliphatic heterocycles. The maximum Gasteiger partial charge on any atom is 0.181 e. The lowest BCUT2D eigenvalue weighted by atomic mass is 10.1. The van der Waals surface area contributed by atoms with Crippen LogP contribution in [0.2, 0.25) is 0 Å². The standard InChI is InChI=1S/C16H21BrO2S/c1-2-3-4-5-6-15-11-12-16(20(15,18)19)13-7-9-14(17)10-8-13/h7-10,12,15H,2-6,11H2,1H3. The third kappa shape index (κ3) is 3.53. The Hall–Kier alpha value is -0.610. The highest BCUT2D eigenvalue weighted by Crippen LogP contribution is 2.35. The first-order valence-electron chi connectivity index (χ1n) is 7.25. The van der Waals surface area contributed by atoms with Gasteiger partial charge in [0.25, 0.3) is 0 Å². The molecule has 20 heavy (non-hydrogen) atoms. The fourth-order valence-electron chi connectivity index (χ4n) is 2.63. The largest absolute Gasteiger partial charge is 0.223 e. The molecule has 2 nitrogen and oxygen atoms in total. The normalized spacial score (nSPS) is 20.9. The van der Waals surface area contributed by atoms with Crippen molar-refractivity contribution in [2.75, 3.05) is 0 Å². The average Bonchev–Trinajstić information content (AvgIpc) is 2.71. The second-order valence-electron chi connectivity index (χ2n) is 5.33. The molecular weight excluding hydrogens is 336 g/mol. The van der Waals surface area contributed by atoms with Crippen LogP contribution in [0.5, 0.6) is 0 Å². The smallest absolute Gasteiger partial charge is 0.181 e. The number of rotatable bonds is 6. The molecule has 0 aliphatic carbocycles. The predicted molar refractivity (Wildman–Crippen MR) is 88.2 cm³/mol. The van der Waals surface area contributed by atoms with Gasteiger partial charge in [-0.25, -0.2) is 8.42 Å². The topological polar surface area (TPSA) is 34.1 Å². The van der Waals surface area contributed by atoms with Crippen LogP contribution >= 0.6 is 15.9 Å². The van der Waals surface area contributed by atoms with Gasteiger partial charge >= 0.3 is 0 Å². The lowest BCUT2D eigenvalue weighted by Crippen LogP contribution is -2.16. The van der Waals surface area contributed by atoms with Crippen molar-refractivity contribution >= 4 is 30.7 Å². The molecule has 0 bridgehead atoms. The van der Waals surface area contributed by atoms with Crippen molar-refractivity contribution in [3.05, 3.63) is 40.4 Å². The highest BCUT2D eigenvalue weighted by atomic mass is 79.9. The monoisotopic (exact) mass is 356 g/mol. The van der Waals surface area contributed by atoms with E-state index in [-0.39, 0.29) is 5.25 Å². The summed E-state index contributed by atoms with van der Waals surface area (Å²) >= 11 is 3.37. The summed E-state index contributed by atoms with van der Waals surface area (Å²) in [5.41, 5.74) is 0.809. The van der Waals surface area contributed by atoms with Crippen LogP contribution < -0.4 is 0 Å². The zero-order valence-corrected chi connectivity index (χ0v) is 14.2. The Morgan fingerprint density at radius 2 is 1.85 bits per heavy atom. The molecule has 1 atom stereocenters. The molecule has 4 heteroatoms. The van der Waals surface area contributed by atoms with Crippen LogP contribution in [0.4, 0.5) is 0 Å². The van der Waals surface area contributed by atoms with E-state index in [9.17, 15) is 8.42 Å². The summed E-state index contributed by atoms with van der Waals surface area (Å²) in [7, 11) is -3.14. The lowest BCUT2D eigenvalue weighted by molar-refractivity contribution is 0.567. The Balaban J connectivity index is 2.05. The molecule has 1 aromatic carbocycles. The van der Waals surface area contributed by atoms with Crippen molar-refractivity contribution in [1.82, 2.24) is 0 Å². The number of sulfone groups is 1. The summed E-state index contributed by atoms with van der Waals surface area (Å²) in [5, 5.41) is -0.210. The summed E-state index contributed by atoms with van der Waals surface area (Å²) in [6.45, 7) is 2.17. The van der Waals surface area contributed by atoms with Crippen LogP contribution in [0, 0.1) is 0 Å². The molecule has 0 radical (unpaired) electrons. The van der Waals surface area contributed by atoms with Crippen LogP contribution in [0.3, 0.4) is 0 Å². The van der Waals surface area contributed by atoms with Crippen LogP contribution in [-0.4, -0.2) is 13.7 Å². The second kappa shape index (κ2) is 6.90. The molecule has 110 valence electrons. The fraction of sp³-hybridized carbons (Fsp3) is 0.500. The highest BCUT2D eigenvalue weighted by Gasteiger charge is 2.34. The maximum atomic E-state index is 12.6. The molecule has 2 rings (SSSR count). The zero-order chi connectivity index (χ0) is 14.6. The van der Waals surface area contributed by atoms with E-state index in [0.717, 1.165) is 29.3 Å². The van der Waals surface area contributed by atoms with Gasteiger partial charge in [-0.2, -0.15) is 0 Å². The third-order valence-electron chi connectivity index (χ3n) is 3.82. The predicted octanol–water partition coefficient (Wildman–Crippen LogP) is 4.95. The number of allylic oxidation sites excluding steroid dienone is 1. The molecular formula is C16H21BrO2S. The highest BCUT2D eigenvalue weighted by molar-refractivity contribution is 9.10. The molecule has 0 N–H and O–H groups in total. The van der Waals surface area contributed by atoms with Gasteiger partial charge in [-0.1, -0.05) is 66.7 Å². The van der Waals surface area contributed by atoms with Crippen LogP contribution in [0.25, 0.3) is 4.91 Å². The molecule has 1 aromatic rings. The van der Waals surface area contributed by atoms with Gasteiger partial charge in [-0.3, -0.25) is 0 Å². The van der Waals surface area contributed by atoms with Gasteiger partial charge in [0.15, 0.2) is 9.84 Å². The van der Waals surface area contributed by atoms with Crippen LogP contribution in [0.15, 0.2) is 34.8 Å². The molecule has 0 saturated heterocycles. The number of benzene rings is 1. The summed E-state index contributed by atoms with van der Waals surface area (Å²) in [4.78, 5) is 0.519. The van der Waals surface area contributed by atoms with Crippen molar-refractivity contribution < 1.29 is 8.42 Å². The summed E-state index contributed by atoms with van der Waals surface area (Å²) in [6, 6.07) is 7.51. The SMILES string of the molecule is CCCCCCC1CC=C(c2ccc(Br)cc2)S1(=O)=O. The van der Waals surface area contributed by atoms with Crippen molar-refractivity contribution in [2.45, 2.75) is 50.7 Å². The first-order valence-corrected chi connectivity index (χ1v) is 9.59. The number of hydrogen-bond acceptors (Lipinski definition) is 2. The fourth-order valence-corrected chi connectivity index (χ4v) is 4.87. The van der Waals surface area contributed by atoms with Crippen molar-refractivity contribution in [1.29, 1.82) is 0 Å². The Morgan fingerprint density at radius 1 is 1.15 bits per heavy atom. The molecule has 0 fully saturated rings. The number of unbranched alkanes of at least 4 members (excludes halogenated alkanes) is 3. The summed E-state index contributed by atoms with van der Waals surface area (Å²) < 4.78 is 26.1. The van der Waals surface area contributed by atoms with E-state index in [0.29, 0.717) is 11.3 Å². The van der Waals surface area contributed by atoms with Crippen molar-refractivity contribution in [3.8, 4) is 0 Å². The Labute approximate surface area is 130 Å². The quantitative estimate of drug-likeness (QED) is 0.675. The Morgan fingerprint density at radius 3 is 2.50 bits per heavy atom. The molecule has 1 heterocycles. The van der Waals surface area contributed by atoms with Gasteiger partial charge in [-0.15, -0.1) is 0 Å². The van der Waals surface area contributed by atoms with E-state index in [1.807, 2.05) is 30.3 Å². The third-order valence-corrected chi connectivity index (χ3v) is 6.67. The molecule has 0 aromatic heterocycles. The Kier molecular flexibility index (Phi) is 5.44. The molecule has 1 unspecified atom stereocenters. The van der Waals surface area contributed by atoms with E-state index in [2.05, 4.69) is 22.9 Å². The van der Waals surface area contributed by atoms with Crippen molar-refractivity contribution in [2.24, 2.45) is 0 Å². The minimum atomic E-state index is -3.14. The van der Waals surface area contributed by atoms with Crippen LogP contribution in [-0.2, 0) is 9.84 Å². The van der Waals surface area contributed by atoms with E-state index >= 15 is 0 Å². The number of halogens is 1. The van der Waals surface area contributed by atoms with Crippen molar-refractivity contribution in [3.63, 3.8) is 0 Å². The summed E-state index contributed by atoms with van der Waals surface area (Å²) in [5.74, 6) is 0. The van der Waals surface area contributed by atoms with E-state index in [4.69, 9.17) is 0 Å². The molecule has 0 saturated carbocycles. The van der Waals surface area contributed by atoms with E-state index < -0.39 is 9.84 Å². The average molecular weight is 357 g/mol. The minimum Gasteiger partial charge on any atom is -0.223 e. The molecule has 0 amide bonds. The van der Waals surface area contributed by atoms with Gasteiger partial charge in [-0.05, 0) is 30.5 Å². The first kappa shape index (κ1) is 15.8. The maximum absolute atomic E-state index is 12.6. The van der Waals surface area contributed by atoms with E-state index in [1.165, 1.54) is 12.8 Å². The molecule has 0 spiro atoms. The van der Waals surface area contributed by atoms with Crippen LogP contribution in [0.1, 0.15) is 51.0 Å². The molecule has 1 aliphatic rings. The first-order chi connectivity index (χ1) is 9.55. The zero-order valence-electron chi connectivity index (χ0n) is 11.8. The van der Waals surface area contributed by atoms with Gasteiger partial charge < -0.3 is 0 Å². The van der Waals surface area contributed by atoms with Gasteiger partial charge in [0.05, 0.1) is 10.2 Å². The van der Waals surface area contributed by atoms with Gasteiger partial charge in [0.2, 0.25) is 0 Å². The van der Waals surface area contributed by atoms with E-state index in [1.54, 1.807) is 0 Å². The minimum absolute atomic E-state index is 0.210. The summed E-state index contributed by atoms with van der Waals surface area (Å²) in [6.07, 6.45) is 7.87. The van der Waals surface area contributed by atoms with Gasteiger partial charge in [0.1, 0.15) is 0 Å². The number of hydrogen-bond donors (Lipinski definition) is 0. The van der Waals surface area contributed by atoms with Gasteiger partial charge in [0, 0.05) is 4.47 Å². The second-order valence-corrected chi connectivity index (χ2v) is 8.44. The lowest BCUT2D eigenvalue weighted by Gasteiger charge is -2.12.